The van der Waals surface area contributed by atoms with E-state index < -0.39 is 17.7 Å². The quantitative estimate of drug-likeness (QED) is 0.404. The van der Waals surface area contributed by atoms with Gasteiger partial charge in [-0.25, -0.2) is 0 Å². The molecule has 2 aromatic rings. The van der Waals surface area contributed by atoms with Gasteiger partial charge < -0.3 is 19.5 Å². The normalized spacial score (nSPS) is 21.2. The summed E-state index contributed by atoms with van der Waals surface area (Å²) >= 11 is 6.13. The Labute approximate surface area is 191 Å². The fourth-order valence-electron chi connectivity index (χ4n) is 4.04. The molecule has 1 aromatic heterocycles. The Morgan fingerprint density at radius 3 is 2.69 bits per heavy atom. The molecule has 0 bridgehead atoms. The summed E-state index contributed by atoms with van der Waals surface area (Å²) in [6, 6.07) is 9.18. The fourth-order valence-corrected chi connectivity index (χ4v) is 4.21. The standard InChI is InChI=1S/C23H24ClN3O5/c1-31-18-6-5-15(24)14-16(18)21(28)19-20(17-4-2-3-7-25-17)27(23(30)22(19)29)9-8-26-10-12-32-13-11-26/h2-7,14,20,28H,8-13H2,1H3/b21-19+/t20-/m1/s1. The van der Waals surface area contributed by atoms with Crippen molar-refractivity contribution in [3.63, 3.8) is 0 Å². The average Bonchev–Trinajstić information content (AvgIpc) is 3.08. The highest BCUT2D eigenvalue weighted by atomic mass is 35.5. The molecule has 3 heterocycles. The van der Waals surface area contributed by atoms with Gasteiger partial charge in [0.2, 0.25) is 0 Å². The summed E-state index contributed by atoms with van der Waals surface area (Å²) < 4.78 is 10.7. The second kappa shape index (κ2) is 9.68. The number of carbonyl (C=O) groups is 2. The smallest absolute Gasteiger partial charge is 0.295 e. The maximum atomic E-state index is 13.1. The number of rotatable bonds is 6. The number of aliphatic hydroxyl groups excluding tert-OH is 1. The zero-order valence-electron chi connectivity index (χ0n) is 17.7. The third kappa shape index (κ3) is 4.34. The molecule has 0 aliphatic carbocycles. The van der Waals surface area contributed by atoms with Crippen molar-refractivity contribution in [2.24, 2.45) is 0 Å². The molecule has 1 amide bonds. The van der Waals surface area contributed by atoms with Gasteiger partial charge in [-0.3, -0.25) is 19.5 Å². The van der Waals surface area contributed by atoms with E-state index in [4.69, 9.17) is 21.1 Å². The zero-order chi connectivity index (χ0) is 22.7. The van der Waals surface area contributed by atoms with Gasteiger partial charge in [-0.05, 0) is 30.3 Å². The van der Waals surface area contributed by atoms with Crippen LogP contribution in [0.15, 0.2) is 48.2 Å². The number of carbonyl (C=O) groups excluding carboxylic acids is 2. The molecule has 8 nitrogen and oxygen atoms in total. The predicted molar refractivity (Wildman–Crippen MR) is 119 cm³/mol. The number of amides is 1. The summed E-state index contributed by atoms with van der Waals surface area (Å²) in [7, 11) is 1.46. The number of aromatic nitrogens is 1. The lowest BCUT2D eigenvalue weighted by Crippen LogP contribution is -2.42. The van der Waals surface area contributed by atoms with Gasteiger partial charge in [0.05, 0.1) is 37.2 Å². The number of nitrogens with zero attached hydrogens (tertiary/aromatic N) is 3. The van der Waals surface area contributed by atoms with Crippen molar-refractivity contribution in [1.29, 1.82) is 0 Å². The minimum Gasteiger partial charge on any atom is -0.507 e. The number of pyridine rings is 1. The van der Waals surface area contributed by atoms with Gasteiger partial charge in [0.15, 0.2) is 0 Å². The van der Waals surface area contributed by atoms with Gasteiger partial charge in [0.25, 0.3) is 11.7 Å². The van der Waals surface area contributed by atoms with Crippen LogP contribution in [0.1, 0.15) is 17.3 Å². The molecule has 32 heavy (non-hydrogen) atoms. The molecule has 0 unspecified atom stereocenters. The van der Waals surface area contributed by atoms with Gasteiger partial charge >= 0.3 is 0 Å². The van der Waals surface area contributed by atoms with Gasteiger partial charge in [0.1, 0.15) is 17.6 Å². The van der Waals surface area contributed by atoms with Crippen molar-refractivity contribution in [3.05, 3.63) is 64.4 Å². The maximum absolute atomic E-state index is 13.1. The predicted octanol–water partition coefficient (Wildman–Crippen LogP) is 2.50. The summed E-state index contributed by atoms with van der Waals surface area (Å²) in [5.41, 5.74) is 0.708. The van der Waals surface area contributed by atoms with E-state index in [1.54, 1.807) is 36.5 Å². The highest BCUT2D eigenvalue weighted by molar-refractivity contribution is 6.46. The van der Waals surface area contributed by atoms with Crippen LogP contribution in [0.2, 0.25) is 5.02 Å². The Morgan fingerprint density at radius 2 is 2.00 bits per heavy atom. The first-order valence-electron chi connectivity index (χ1n) is 10.3. The summed E-state index contributed by atoms with van der Waals surface area (Å²) in [5.74, 6) is -1.43. The molecular weight excluding hydrogens is 434 g/mol. The van der Waals surface area contributed by atoms with Crippen LogP contribution in [0.3, 0.4) is 0 Å². The van der Waals surface area contributed by atoms with Crippen molar-refractivity contribution in [1.82, 2.24) is 14.8 Å². The second-order valence-corrected chi connectivity index (χ2v) is 7.98. The Hall–Kier alpha value is -2.94. The number of halogens is 1. The van der Waals surface area contributed by atoms with Crippen molar-refractivity contribution in [3.8, 4) is 5.75 Å². The molecule has 168 valence electrons. The molecule has 2 aliphatic rings. The van der Waals surface area contributed by atoms with E-state index in [9.17, 15) is 14.7 Å². The Bertz CT molecular complexity index is 1040. The van der Waals surface area contributed by atoms with Crippen molar-refractivity contribution in [2.45, 2.75) is 6.04 Å². The van der Waals surface area contributed by atoms with E-state index in [0.29, 0.717) is 42.8 Å². The van der Waals surface area contributed by atoms with Crippen LogP contribution in [0.4, 0.5) is 0 Å². The first-order valence-corrected chi connectivity index (χ1v) is 10.7. The van der Waals surface area contributed by atoms with E-state index in [0.717, 1.165) is 13.1 Å². The minimum absolute atomic E-state index is 0.0313. The second-order valence-electron chi connectivity index (χ2n) is 7.55. The molecule has 1 N–H and O–H groups in total. The number of hydrogen-bond donors (Lipinski definition) is 1. The van der Waals surface area contributed by atoms with E-state index in [1.165, 1.54) is 18.1 Å². The summed E-state index contributed by atoms with van der Waals surface area (Å²) in [6.45, 7) is 3.69. The van der Waals surface area contributed by atoms with Crippen molar-refractivity contribution in [2.75, 3.05) is 46.5 Å². The molecular formula is C23H24ClN3O5. The SMILES string of the molecule is COc1ccc(Cl)cc1/C(O)=C1\C(=O)C(=O)N(CCN2CCOCC2)[C@@H]1c1ccccn1. The molecule has 0 spiro atoms. The van der Waals surface area contributed by atoms with E-state index in [-0.39, 0.29) is 16.9 Å². The highest BCUT2D eigenvalue weighted by Crippen LogP contribution is 2.40. The largest absolute Gasteiger partial charge is 0.507 e. The number of ketones is 1. The van der Waals surface area contributed by atoms with Gasteiger partial charge in [-0.1, -0.05) is 17.7 Å². The zero-order valence-corrected chi connectivity index (χ0v) is 18.4. The van der Waals surface area contributed by atoms with Crippen molar-refractivity contribution >= 4 is 29.1 Å². The number of aliphatic hydroxyl groups is 1. The Kier molecular flexibility index (Phi) is 6.74. The number of Topliss-reactive ketones (excluding diaryl/α,β-unsaturated/α-hetero) is 1. The number of ether oxygens (including phenoxy) is 2. The van der Waals surface area contributed by atoms with Crippen molar-refractivity contribution < 1.29 is 24.2 Å². The highest BCUT2D eigenvalue weighted by Gasteiger charge is 2.47. The van der Waals surface area contributed by atoms with Gasteiger partial charge in [0, 0.05) is 37.4 Å². The lowest BCUT2D eigenvalue weighted by atomic mass is 9.98. The summed E-state index contributed by atoms with van der Waals surface area (Å²) in [6.07, 6.45) is 1.59. The average molecular weight is 458 g/mol. The van der Waals surface area contributed by atoms with Crippen LogP contribution in [0.25, 0.3) is 5.76 Å². The van der Waals surface area contributed by atoms with Crippen LogP contribution >= 0.6 is 11.6 Å². The van der Waals surface area contributed by atoms with Crippen LogP contribution < -0.4 is 4.74 Å². The molecule has 1 aromatic carbocycles. The van der Waals surface area contributed by atoms with Crippen LogP contribution in [-0.2, 0) is 14.3 Å². The van der Waals surface area contributed by atoms with E-state index >= 15 is 0 Å². The first-order chi connectivity index (χ1) is 15.5. The number of hydrogen-bond acceptors (Lipinski definition) is 7. The molecule has 2 fully saturated rings. The lowest BCUT2D eigenvalue weighted by Gasteiger charge is -2.30. The number of benzene rings is 1. The van der Waals surface area contributed by atoms with Crippen LogP contribution in [0, 0.1) is 0 Å². The topological polar surface area (TPSA) is 92.2 Å². The van der Waals surface area contributed by atoms with Crippen LogP contribution in [0.5, 0.6) is 5.75 Å². The minimum atomic E-state index is -0.819. The molecule has 1 atom stereocenters. The maximum Gasteiger partial charge on any atom is 0.295 e. The molecule has 9 heteroatoms. The Morgan fingerprint density at radius 1 is 1.22 bits per heavy atom. The summed E-state index contributed by atoms with van der Waals surface area (Å²) in [4.78, 5) is 34.2. The molecule has 2 saturated heterocycles. The van der Waals surface area contributed by atoms with Gasteiger partial charge in [-0.2, -0.15) is 0 Å². The third-order valence-electron chi connectivity index (χ3n) is 5.69. The third-order valence-corrected chi connectivity index (χ3v) is 5.92. The first kappa shape index (κ1) is 22.3. The fraction of sp³-hybridized carbons (Fsp3) is 0.348. The van der Waals surface area contributed by atoms with E-state index in [1.807, 2.05) is 0 Å². The molecule has 4 rings (SSSR count). The number of methoxy groups -OCH3 is 1. The lowest BCUT2D eigenvalue weighted by molar-refractivity contribution is -0.140. The summed E-state index contributed by atoms with van der Waals surface area (Å²) in [5, 5.41) is 11.6. The molecule has 0 radical (unpaired) electrons. The molecule has 2 aliphatic heterocycles. The molecule has 0 saturated carbocycles. The number of morpholine rings is 1. The Balaban J connectivity index is 1.76. The monoisotopic (exact) mass is 457 g/mol. The van der Waals surface area contributed by atoms with Crippen LogP contribution in [-0.4, -0.2) is 78.1 Å². The number of likely N-dealkylation sites (tertiary alicyclic amines) is 1. The van der Waals surface area contributed by atoms with E-state index in [2.05, 4.69) is 9.88 Å². The van der Waals surface area contributed by atoms with Gasteiger partial charge in [-0.15, -0.1) is 0 Å².